The zero-order chi connectivity index (χ0) is 7.28. The Labute approximate surface area is 77.5 Å². The molecule has 0 amide bonds. The minimum atomic E-state index is 0. The average Bonchev–Trinajstić information content (AvgIpc) is 1.63. The van der Waals surface area contributed by atoms with Crippen molar-refractivity contribution in [3.05, 3.63) is 12.3 Å². The summed E-state index contributed by atoms with van der Waals surface area (Å²) in [6.07, 6.45) is 6.74. The Morgan fingerprint density at radius 3 is 2.10 bits per heavy atom. The van der Waals surface area contributed by atoms with Crippen molar-refractivity contribution in [3.8, 4) is 0 Å². The maximum absolute atomic E-state index is 2.99. The van der Waals surface area contributed by atoms with Gasteiger partial charge in [0.25, 0.3) is 0 Å². The molecule has 0 N–H and O–H groups in total. The van der Waals surface area contributed by atoms with E-state index in [0.29, 0.717) is 0 Å². The minimum absolute atomic E-state index is 0. The van der Waals surface area contributed by atoms with Gasteiger partial charge in [-0.3, -0.25) is 4.58 Å². The molecule has 0 aromatic heterocycles. The van der Waals surface area contributed by atoms with Gasteiger partial charge in [-0.25, -0.2) is 0 Å². The molecule has 0 bridgehead atoms. The summed E-state index contributed by atoms with van der Waals surface area (Å²) in [5.41, 5.74) is 0. The van der Waals surface area contributed by atoms with Gasteiger partial charge in [0.15, 0.2) is 0 Å². The van der Waals surface area contributed by atoms with Crippen LogP contribution < -0.4 is 0 Å². The summed E-state index contributed by atoms with van der Waals surface area (Å²) in [5, 5.41) is 0. The Bertz CT molecular complexity index is 124. The number of nitrogens with zero attached hydrogens (tertiary/aromatic N) is 2. The molecule has 0 spiro atoms. The van der Waals surface area contributed by atoms with E-state index >= 15 is 0 Å². The zero-order valence-electron chi connectivity index (χ0n) is 6.96. The van der Waals surface area contributed by atoms with Gasteiger partial charge in [0.05, 0.1) is 0 Å². The van der Waals surface area contributed by atoms with E-state index in [9.17, 15) is 0 Å². The first kappa shape index (κ1) is 12.6. The maximum atomic E-state index is 2.99. The Morgan fingerprint density at radius 2 is 1.80 bits per heavy atom. The first-order valence-corrected chi connectivity index (χ1v) is 2.88. The van der Waals surface area contributed by atoms with Crippen LogP contribution in [0.1, 0.15) is 0 Å². The molecule has 0 radical (unpaired) electrons. The molecular formula is C7H14N2W. The largest absolute Gasteiger partial charge is 0.416 e. The second kappa shape index (κ2) is 7.01. The molecule has 0 fully saturated rings. The number of hydrogen-bond donors (Lipinski definition) is 0. The molecule has 0 heterocycles. The number of rotatable bonds is 2. The maximum Gasteiger partial charge on any atom is 0.129 e. The van der Waals surface area contributed by atoms with Crippen molar-refractivity contribution in [2.75, 3.05) is 28.2 Å². The van der Waals surface area contributed by atoms with Crippen LogP contribution in [0.5, 0.6) is 0 Å². The Balaban J connectivity index is 0. The Kier molecular flexibility index (Phi) is 8.81. The molecule has 0 rings (SSSR count). The summed E-state index contributed by atoms with van der Waals surface area (Å²) >= 11 is 0. The first-order valence-electron chi connectivity index (χ1n) is 2.88. The summed E-state index contributed by atoms with van der Waals surface area (Å²) in [5.74, 6) is 0. The van der Waals surface area contributed by atoms with E-state index in [1.807, 2.05) is 50.1 Å². The van der Waals surface area contributed by atoms with Crippen molar-refractivity contribution in [2.45, 2.75) is 0 Å². The van der Waals surface area contributed by atoms with Crippen LogP contribution in [0.3, 0.4) is 0 Å². The molecule has 0 saturated carbocycles. The molecule has 0 saturated heterocycles. The minimum Gasteiger partial charge on any atom is -0.416 e. The van der Waals surface area contributed by atoms with Crippen LogP contribution in [-0.2, 0) is 21.1 Å². The van der Waals surface area contributed by atoms with Gasteiger partial charge in [-0.1, -0.05) is 0 Å². The van der Waals surface area contributed by atoms with E-state index < -0.39 is 0 Å². The van der Waals surface area contributed by atoms with Crippen molar-refractivity contribution >= 4 is 6.21 Å². The van der Waals surface area contributed by atoms with Crippen molar-refractivity contribution < 1.29 is 25.6 Å². The normalized spacial score (nSPS) is 8.80. The molecule has 0 aromatic carbocycles. The third-order valence-electron chi connectivity index (χ3n) is 0.665. The monoisotopic (exact) mass is 310 g/mol. The van der Waals surface area contributed by atoms with Gasteiger partial charge < -0.3 is 11.0 Å². The fraction of sp³-hybridized carbons (Fsp3) is 0.571. The molecule has 58 valence electrons. The van der Waals surface area contributed by atoms with Crippen LogP contribution in [0.4, 0.5) is 0 Å². The summed E-state index contributed by atoms with van der Waals surface area (Å²) in [7, 11) is 7.88. The van der Waals surface area contributed by atoms with Crippen LogP contribution in [0, 0.1) is 6.08 Å². The molecule has 10 heavy (non-hydrogen) atoms. The van der Waals surface area contributed by atoms with Crippen LogP contribution >= 0.6 is 0 Å². The van der Waals surface area contributed by atoms with Crippen LogP contribution in [0.2, 0.25) is 0 Å². The molecule has 0 atom stereocenters. The molecular weight excluding hydrogens is 296 g/mol. The van der Waals surface area contributed by atoms with Gasteiger partial charge in [0.2, 0.25) is 0 Å². The fourth-order valence-corrected chi connectivity index (χ4v) is 0.331. The van der Waals surface area contributed by atoms with Crippen molar-refractivity contribution in [2.24, 2.45) is 0 Å². The Morgan fingerprint density at radius 1 is 1.30 bits per heavy atom. The topological polar surface area (TPSA) is 6.25 Å². The predicted molar refractivity (Wildman–Crippen MR) is 39.7 cm³/mol. The molecule has 0 unspecified atom stereocenters. The first-order chi connectivity index (χ1) is 4.13. The van der Waals surface area contributed by atoms with Crippen molar-refractivity contribution in [1.82, 2.24) is 4.90 Å². The van der Waals surface area contributed by atoms with Crippen LogP contribution in [0.15, 0.2) is 6.20 Å². The second-order valence-corrected chi connectivity index (χ2v) is 2.35. The third kappa shape index (κ3) is 10.8. The number of hydrogen-bond acceptors (Lipinski definition) is 1. The predicted octanol–water partition coefficient (Wildman–Crippen LogP) is 0.205. The molecule has 0 aliphatic carbocycles. The average molecular weight is 310 g/mol. The molecule has 0 aliphatic heterocycles. The third-order valence-corrected chi connectivity index (χ3v) is 0.665. The van der Waals surface area contributed by atoms with Crippen molar-refractivity contribution in [3.63, 3.8) is 0 Å². The van der Waals surface area contributed by atoms with E-state index in [1.54, 1.807) is 0 Å². The SMILES string of the molecule is CN(C)C=[C-]C=[N+](C)C.[W]. The van der Waals surface area contributed by atoms with Crippen LogP contribution in [0.25, 0.3) is 0 Å². The summed E-state index contributed by atoms with van der Waals surface area (Å²) in [6.45, 7) is 0. The second-order valence-electron chi connectivity index (χ2n) is 2.35. The quantitative estimate of drug-likeness (QED) is 0.401. The van der Waals surface area contributed by atoms with Crippen molar-refractivity contribution in [1.29, 1.82) is 0 Å². The van der Waals surface area contributed by atoms with Gasteiger partial charge in [0.1, 0.15) is 14.1 Å². The van der Waals surface area contributed by atoms with E-state index in [4.69, 9.17) is 0 Å². The molecule has 2 nitrogen and oxygen atoms in total. The zero-order valence-corrected chi connectivity index (χ0v) is 9.89. The summed E-state index contributed by atoms with van der Waals surface area (Å²) in [4.78, 5) is 1.94. The van der Waals surface area contributed by atoms with Gasteiger partial charge in [-0.2, -0.15) is 6.20 Å². The Hall–Kier alpha value is -0.102. The molecule has 0 aromatic rings. The van der Waals surface area contributed by atoms with E-state index in [2.05, 4.69) is 6.08 Å². The van der Waals surface area contributed by atoms with Crippen LogP contribution in [-0.4, -0.2) is 43.9 Å². The molecule has 0 aliphatic rings. The standard InChI is InChI=1S/C7H14N2.W/c1-8(2)6-5-7-9(3)4;/h6-7H,1-4H3;. The summed E-state index contributed by atoms with van der Waals surface area (Å²) < 4.78 is 1.94. The fourth-order valence-electron chi connectivity index (χ4n) is 0.331. The van der Waals surface area contributed by atoms with Gasteiger partial charge in [0, 0.05) is 35.2 Å². The number of allylic oxidation sites excluding steroid dienone is 1. The smallest absolute Gasteiger partial charge is 0.129 e. The van der Waals surface area contributed by atoms with E-state index in [1.165, 1.54) is 0 Å². The summed E-state index contributed by atoms with van der Waals surface area (Å²) in [6, 6.07) is 0. The molecule has 3 heteroatoms. The van der Waals surface area contributed by atoms with E-state index in [0.717, 1.165) is 0 Å². The van der Waals surface area contributed by atoms with Gasteiger partial charge in [-0.15, -0.1) is 0 Å². The van der Waals surface area contributed by atoms with Gasteiger partial charge >= 0.3 is 0 Å². The van der Waals surface area contributed by atoms with Gasteiger partial charge in [-0.05, 0) is 6.21 Å². The van der Waals surface area contributed by atoms with E-state index in [-0.39, 0.29) is 21.1 Å².